The van der Waals surface area contributed by atoms with Gasteiger partial charge in [-0.25, -0.2) is 0 Å². The normalized spacial score (nSPS) is 11.2. The first-order chi connectivity index (χ1) is 6.83. The molecule has 0 N–H and O–H groups in total. The van der Waals surface area contributed by atoms with Gasteiger partial charge in [-0.3, -0.25) is 0 Å². The molecule has 0 unspecified atom stereocenters. The Morgan fingerprint density at radius 2 is 1.57 bits per heavy atom. The molecule has 1 aromatic heterocycles. The van der Waals surface area contributed by atoms with Crippen LogP contribution in [0.15, 0.2) is 42.5 Å². The molecule has 0 saturated heterocycles. The van der Waals surface area contributed by atoms with Crippen LogP contribution in [0.4, 0.5) is 0 Å². The molecule has 0 spiro atoms. The molecule has 0 radical (unpaired) electrons. The van der Waals surface area contributed by atoms with E-state index < -0.39 is 0 Å². The molecular formula is C13H10Se. The Kier molecular flexibility index (Phi) is 1.76. The van der Waals surface area contributed by atoms with Crippen LogP contribution in [0.5, 0.6) is 0 Å². The number of benzene rings is 2. The Bertz CT molecular complexity index is 552. The van der Waals surface area contributed by atoms with E-state index in [0.717, 1.165) is 0 Å². The molecule has 0 saturated carbocycles. The van der Waals surface area contributed by atoms with Crippen molar-refractivity contribution < 1.29 is 0 Å². The average Bonchev–Trinajstić information content (AvgIpc) is 2.53. The first-order valence-electron chi connectivity index (χ1n) is 4.72. The van der Waals surface area contributed by atoms with Gasteiger partial charge in [-0.05, 0) is 0 Å². The summed E-state index contributed by atoms with van der Waals surface area (Å²) in [6.07, 6.45) is 0. The Morgan fingerprint density at radius 3 is 2.36 bits per heavy atom. The number of aryl methyl sites for hydroxylation is 1. The third-order valence-electron chi connectivity index (χ3n) is 2.51. The van der Waals surface area contributed by atoms with E-state index >= 15 is 0 Å². The average molecular weight is 245 g/mol. The molecule has 0 bridgehead atoms. The number of hydrogen-bond acceptors (Lipinski definition) is 0. The Labute approximate surface area is 88.9 Å². The van der Waals surface area contributed by atoms with Crippen LogP contribution in [0, 0.1) is 6.92 Å². The molecule has 0 nitrogen and oxygen atoms in total. The summed E-state index contributed by atoms with van der Waals surface area (Å²) in [6, 6.07) is 15.6. The summed E-state index contributed by atoms with van der Waals surface area (Å²) in [5, 5.41) is 4.16. The van der Waals surface area contributed by atoms with Gasteiger partial charge in [0.05, 0.1) is 0 Å². The molecule has 3 rings (SSSR count). The van der Waals surface area contributed by atoms with Gasteiger partial charge < -0.3 is 0 Å². The standard InChI is InChI=1S/C13H10Se/c1-9-6-12-7-10-4-2-3-5-11(10)8-13(12)14-9/h2-8H,1H3. The van der Waals surface area contributed by atoms with Crippen LogP contribution < -0.4 is 0 Å². The van der Waals surface area contributed by atoms with E-state index in [9.17, 15) is 0 Å². The van der Waals surface area contributed by atoms with Gasteiger partial charge in [0.2, 0.25) is 0 Å². The van der Waals surface area contributed by atoms with Crippen molar-refractivity contribution in [1.82, 2.24) is 0 Å². The van der Waals surface area contributed by atoms with Gasteiger partial charge in [0.15, 0.2) is 0 Å². The summed E-state index contributed by atoms with van der Waals surface area (Å²) in [5.74, 6) is 0. The summed E-state index contributed by atoms with van der Waals surface area (Å²) in [5.41, 5.74) is 0. The van der Waals surface area contributed by atoms with Crippen molar-refractivity contribution >= 4 is 34.9 Å². The molecule has 68 valence electrons. The second kappa shape index (κ2) is 2.98. The molecule has 0 atom stereocenters. The molecule has 0 aliphatic rings. The van der Waals surface area contributed by atoms with Crippen molar-refractivity contribution in [2.75, 3.05) is 0 Å². The summed E-state index contributed by atoms with van der Waals surface area (Å²) >= 11 is 0.569. The van der Waals surface area contributed by atoms with Gasteiger partial charge in [-0.1, -0.05) is 0 Å². The van der Waals surface area contributed by atoms with Crippen molar-refractivity contribution in [3.05, 3.63) is 46.9 Å². The van der Waals surface area contributed by atoms with Gasteiger partial charge in [0, 0.05) is 0 Å². The van der Waals surface area contributed by atoms with Crippen molar-refractivity contribution in [2.24, 2.45) is 0 Å². The summed E-state index contributed by atoms with van der Waals surface area (Å²) in [6.45, 7) is 2.23. The second-order valence-corrected chi connectivity index (χ2v) is 6.30. The molecule has 1 heteroatoms. The van der Waals surface area contributed by atoms with Gasteiger partial charge in [0.1, 0.15) is 0 Å². The molecule has 0 amide bonds. The van der Waals surface area contributed by atoms with Gasteiger partial charge >= 0.3 is 88.7 Å². The van der Waals surface area contributed by atoms with E-state index in [1.807, 2.05) is 0 Å². The van der Waals surface area contributed by atoms with E-state index in [0.29, 0.717) is 14.5 Å². The number of rotatable bonds is 0. The van der Waals surface area contributed by atoms with E-state index in [-0.39, 0.29) is 0 Å². The van der Waals surface area contributed by atoms with Crippen molar-refractivity contribution in [3.63, 3.8) is 0 Å². The van der Waals surface area contributed by atoms with E-state index in [2.05, 4.69) is 49.4 Å². The topological polar surface area (TPSA) is 0 Å². The monoisotopic (exact) mass is 246 g/mol. The third-order valence-corrected chi connectivity index (χ3v) is 4.63. The van der Waals surface area contributed by atoms with Crippen LogP contribution in [-0.4, -0.2) is 14.5 Å². The summed E-state index contributed by atoms with van der Waals surface area (Å²) < 4.78 is 3.07. The van der Waals surface area contributed by atoms with Gasteiger partial charge in [0.25, 0.3) is 0 Å². The maximum absolute atomic E-state index is 2.34. The zero-order chi connectivity index (χ0) is 9.54. The number of fused-ring (bicyclic) bond motifs is 2. The fourth-order valence-corrected chi connectivity index (χ4v) is 3.86. The van der Waals surface area contributed by atoms with Gasteiger partial charge in [-0.15, -0.1) is 0 Å². The third kappa shape index (κ3) is 1.21. The van der Waals surface area contributed by atoms with Crippen LogP contribution in [0.3, 0.4) is 0 Å². The van der Waals surface area contributed by atoms with Crippen LogP contribution in [0.25, 0.3) is 20.4 Å². The Balaban J connectivity index is 2.51. The van der Waals surface area contributed by atoms with Crippen molar-refractivity contribution in [2.45, 2.75) is 6.92 Å². The zero-order valence-electron chi connectivity index (χ0n) is 7.95. The molecule has 0 fully saturated rings. The van der Waals surface area contributed by atoms with E-state index in [1.165, 1.54) is 24.9 Å². The first-order valence-corrected chi connectivity index (χ1v) is 6.43. The molecule has 14 heavy (non-hydrogen) atoms. The number of hydrogen-bond donors (Lipinski definition) is 0. The van der Waals surface area contributed by atoms with Crippen molar-refractivity contribution in [1.29, 1.82) is 0 Å². The molecule has 0 aliphatic carbocycles. The minimum absolute atomic E-state index is 0.569. The SMILES string of the molecule is Cc1cc2cc3ccccc3cc2[se]1. The van der Waals surface area contributed by atoms with E-state index in [4.69, 9.17) is 0 Å². The predicted molar refractivity (Wildman–Crippen MR) is 63.1 cm³/mol. The minimum atomic E-state index is 0.569. The molecule has 3 aromatic rings. The van der Waals surface area contributed by atoms with Crippen LogP contribution >= 0.6 is 0 Å². The summed E-state index contributed by atoms with van der Waals surface area (Å²) in [7, 11) is 0. The zero-order valence-corrected chi connectivity index (χ0v) is 9.66. The molecule has 1 heterocycles. The van der Waals surface area contributed by atoms with Crippen LogP contribution in [0.1, 0.15) is 4.44 Å². The Hall–Kier alpha value is -1.04. The first kappa shape index (κ1) is 8.28. The molecule has 0 aliphatic heterocycles. The predicted octanol–water partition coefficient (Wildman–Crippen LogP) is 3.36. The second-order valence-electron chi connectivity index (χ2n) is 3.59. The van der Waals surface area contributed by atoms with Crippen LogP contribution in [-0.2, 0) is 0 Å². The Morgan fingerprint density at radius 1 is 0.857 bits per heavy atom. The van der Waals surface area contributed by atoms with Crippen LogP contribution in [0.2, 0.25) is 0 Å². The fraction of sp³-hybridized carbons (Fsp3) is 0.0769. The van der Waals surface area contributed by atoms with Crippen molar-refractivity contribution in [3.8, 4) is 0 Å². The maximum atomic E-state index is 2.34. The quantitative estimate of drug-likeness (QED) is 0.533. The van der Waals surface area contributed by atoms with E-state index in [1.54, 1.807) is 0 Å². The summed E-state index contributed by atoms with van der Waals surface area (Å²) in [4.78, 5) is 0. The molecule has 2 aromatic carbocycles. The molecular weight excluding hydrogens is 235 g/mol. The van der Waals surface area contributed by atoms with Gasteiger partial charge in [-0.2, -0.15) is 0 Å². The fourth-order valence-electron chi connectivity index (χ4n) is 1.86.